The van der Waals surface area contributed by atoms with E-state index in [-0.39, 0.29) is 5.29 Å². The lowest BCUT2D eigenvalue weighted by molar-refractivity contribution is 1.10. The maximum Gasteiger partial charge on any atom is 0.243 e. The Bertz CT molecular complexity index is 907. The third-order valence-corrected chi connectivity index (χ3v) is 4.46. The van der Waals surface area contributed by atoms with E-state index < -0.39 is 0 Å². The summed E-state index contributed by atoms with van der Waals surface area (Å²) < 4.78 is 1.18. The third kappa shape index (κ3) is 5.48. The summed E-state index contributed by atoms with van der Waals surface area (Å²) >= 11 is 7.60. The topological polar surface area (TPSA) is 37.1 Å². The number of hydrogen-bond acceptors (Lipinski definition) is 3. The van der Waals surface area contributed by atoms with E-state index in [1.165, 1.54) is 4.70 Å². The molecule has 0 aliphatic rings. The molecule has 0 radical (unpaired) electrons. The summed E-state index contributed by atoms with van der Waals surface area (Å²) in [5.41, 5.74) is 1.16. The van der Waals surface area contributed by atoms with Gasteiger partial charge in [0, 0.05) is 4.70 Å². The Morgan fingerprint density at radius 2 is 1.80 bits per heavy atom. The summed E-state index contributed by atoms with van der Waals surface area (Å²) in [5.74, 6) is 0. The highest BCUT2D eigenvalue weighted by molar-refractivity contribution is 7.22. The standard InChI is InChI=1S/C20H16ClN3S/c21-20(23-19-15-17-12-6-7-13-18(17)25-19)24-22-14-8-2-5-11-16-9-3-1-4-10-16/h1-13,15H,14H2/b8-2+,11-5-,23-20?,24-22?. The quantitative estimate of drug-likeness (QED) is 0.156. The Balaban J connectivity index is 1.51. The monoisotopic (exact) mass is 365 g/mol. The van der Waals surface area contributed by atoms with Crippen LogP contribution in [-0.2, 0) is 0 Å². The molecule has 3 rings (SSSR count). The van der Waals surface area contributed by atoms with Crippen LogP contribution in [0.1, 0.15) is 5.56 Å². The van der Waals surface area contributed by atoms with E-state index in [9.17, 15) is 0 Å². The van der Waals surface area contributed by atoms with Crippen LogP contribution >= 0.6 is 22.9 Å². The van der Waals surface area contributed by atoms with Crippen molar-refractivity contribution in [2.75, 3.05) is 6.54 Å². The lowest BCUT2D eigenvalue weighted by Gasteiger charge is -1.88. The van der Waals surface area contributed by atoms with Crippen LogP contribution in [0.3, 0.4) is 0 Å². The highest BCUT2D eigenvalue weighted by Crippen LogP contribution is 2.31. The molecule has 3 aromatic rings. The molecule has 5 heteroatoms. The van der Waals surface area contributed by atoms with Crippen molar-refractivity contribution in [1.82, 2.24) is 0 Å². The van der Waals surface area contributed by atoms with E-state index in [2.05, 4.69) is 21.3 Å². The van der Waals surface area contributed by atoms with Crippen molar-refractivity contribution >= 4 is 49.4 Å². The average Bonchev–Trinajstić information content (AvgIpc) is 3.04. The van der Waals surface area contributed by atoms with Gasteiger partial charge in [-0.3, -0.25) is 0 Å². The summed E-state index contributed by atoms with van der Waals surface area (Å²) in [6, 6.07) is 20.2. The predicted octanol–water partition coefficient (Wildman–Crippen LogP) is 6.85. The van der Waals surface area contributed by atoms with Crippen LogP contribution in [0.4, 0.5) is 5.00 Å². The Hall–Kier alpha value is -2.56. The Kier molecular flexibility index (Phi) is 6.26. The highest BCUT2D eigenvalue weighted by Gasteiger charge is 2.00. The molecular weight excluding hydrogens is 350 g/mol. The zero-order valence-corrected chi connectivity index (χ0v) is 15.0. The summed E-state index contributed by atoms with van der Waals surface area (Å²) in [7, 11) is 0. The molecule has 25 heavy (non-hydrogen) atoms. The van der Waals surface area contributed by atoms with Crippen LogP contribution in [0.2, 0.25) is 0 Å². The Morgan fingerprint density at radius 1 is 1.00 bits per heavy atom. The van der Waals surface area contributed by atoms with Gasteiger partial charge in [-0.2, -0.15) is 5.11 Å². The fourth-order valence-corrected chi connectivity index (χ4v) is 3.28. The molecule has 0 spiro atoms. The maximum absolute atomic E-state index is 6.02. The van der Waals surface area contributed by atoms with E-state index in [4.69, 9.17) is 11.6 Å². The van der Waals surface area contributed by atoms with Gasteiger partial charge in [-0.25, -0.2) is 4.99 Å². The van der Waals surface area contributed by atoms with Crippen molar-refractivity contribution in [1.29, 1.82) is 0 Å². The summed E-state index contributed by atoms with van der Waals surface area (Å²) in [6.45, 7) is 0.456. The first-order valence-corrected chi connectivity index (χ1v) is 8.99. The summed E-state index contributed by atoms with van der Waals surface area (Å²) in [5, 5.41) is 10.0. The first-order chi connectivity index (χ1) is 12.3. The van der Waals surface area contributed by atoms with Gasteiger partial charge < -0.3 is 0 Å². The van der Waals surface area contributed by atoms with E-state index in [1.807, 2.05) is 78.9 Å². The van der Waals surface area contributed by atoms with E-state index in [1.54, 1.807) is 11.3 Å². The zero-order chi connectivity index (χ0) is 17.3. The molecule has 0 fully saturated rings. The first-order valence-electron chi connectivity index (χ1n) is 7.80. The number of amidine groups is 1. The number of allylic oxidation sites excluding steroid dienone is 2. The second-order valence-corrected chi connectivity index (χ2v) is 6.53. The largest absolute Gasteiger partial charge is 0.243 e. The molecule has 0 amide bonds. The van der Waals surface area contributed by atoms with Crippen LogP contribution in [0, 0.1) is 0 Å². The number of hydrogen-bond donors (Lipinski definition) is 0. The van der Waals surface area contributed by atoms with Crippen LogP contribution in [-0.4, -0.2) is 11.8 Å². The van der Waals surface area contributed by atoms with Gasteiger partial charge in [0.2, 0.25) is 5.29 Å². The minimum absolute atomic E-state index is 0.139. The van der Waals surface area contributed by atoms with Crippen molar-refractivity contribution in [2.24, 2.45) is 15.2 Å². The number of fused-ring (bicyclic) bond motifs is 1. The number of azo groups is 1. The molecule has 1 aromatic heterocycles. The molecule has 0 aliphatic carbocycles. The summed E-state index contributed by atoms with van der Waals surface area (Å²) in [6.07, 6.45) is 7.84. The Morgan fingerprint density at radius 3 is 2.64 bits per heavy atom. The van der Waals surface area contributed by atoms with Gasteiger partial charge in [0.1, 0.15) is 5.00 Å². The number of nitrogens with zero attached hydrogens (tertiary/aromatic N) is 3. The number of aliphatic imine (C=N–C) groups is 1. The molecule has 0 unspecified atom stereocenters. The molecule has 3 nitrogen and oxygen atoms in total. The highest BCUT2D eigenvalue weighted by atomic mass is 35.5. The predicted molar refractivity (Wildman–Crippen MR) is 109 cm³/mol. The Labute approximate surface area is 155 Å². The maximum atomic E-state index is 6.02. The van der Waals surface area contributed by atoms with E-state index >= 15 is 0 Å². The minimum atomic E-state index is 0.139. The lowest BCUT2D eigenvalue weighted by Crippen LogP contribution is -1.78. The fraction of sp³-hybridized carbons (Fsp3) is 0.0500. The van der Waals surface area contributed by atoms with Crippen molar-refractivity contribution in [3.05, 3.63) is 84.5 Å². The van der Waals surface area contributed by atoms with Gasteiger partial charge in [0.05, 0.1) is 6.54 Å². The van der Waals surface area contributed by atoms with Crippen LogP contribution in [0.25, 0.3) is 16.2 Å². The average molecular weight is 366 g/mol. The van der Waals surface area contributed by atoms with Crippen LogP contribution in [0.5, 0.6) is 0 Å². The number of halogens is 1. The second kappa shape index (κ2) is 9.06. The van der Waals surface area contributed by atoms with Gasteiger partial charge in [0.15, 0.2) is 0 Å². The smallest absolute Gasteiger partial charge is 0.206 e. The second-order valence-electron chi connectivity index (χ2n) is 5.13. The number of benzene rings is 2. The van der Waals surface area contributed by atoms with E-state index in [0.29, 0.717) is 6.54 Å². The number of rotatable bonds is 5. The van der Waals surface area contributed by atoms with Gasteiger partial charge >= 0.3 is 0 Å². The molecule has 1 heterocycles. The lowest BCUT2D eigenvalue weighted by atomic mass is 10.2. The summed E-state index contributed by atoms with van der Waals surface area (Å²) in [4.78, 5) is 4.27. The fourth-order valence-electron chi connectivity index (χ4n) is 2.15. The SMILES string of the molecule is ClC(N=NC/C=C/C=C\c1ccccc1)=Nc1cc2ccccc2s1. The van der Waals surface area contributed by atoms with Crippen LogP contribution < -0.4 is 0 Å². The van der Waals surface area contributed by atoms with Crippen molar-refractivity contribution in [3.63, 3.8) is 0 Å². The minimum Gasteiger partial charge on any atom is -0.206 e. The molecule has 0 aliphatic heterocycles. The van der Waals surface area contributed by atoms with Crippen molar-refractivity contribution in [2.45, 2.75) is 0 Å². The molecule has 2 aromatic carbocycles. The number of thiophene rings is 1. The van der Waals surface area contributed by atoms with E-state index in [0.717, 1.165) is 16.0 Å². The molecule has 0 bridgehead atoms. The van der Waals surface area contributed by atoms with Gasteiger partial charge in [0.25, 0.3) is 0 Å². The van der Waals surface area contributed by atoms with Crippen molar-refractivity contribution in [3.8, 4) is 0 Å². The molecule has 0 saturated carbocycles. The third-order valence-electron chi connectivity index (χ3n) is 3.29. The molecule has 0 atom stereocenters. The first kappa shape index (κ1) is 17.3. The van der Waals surface area contributed by atoms with Gasteiger partial charge in [-0.15, -0.1) is 16.5 Å². The zero-order valence-electron chi connectivity index (χ0n) is 13.4. The molecular formula is C20H16ClN3S. The molecule has 0 N–H and O–H groups in total. The molecule has 124 valence electrons. The van der Waals surface area contributed by atoms with Gasteiger partial charge in [-0.1, -0.05) is 72.8 Å². The van der Waals surface area contributed by atoms with Crippen molar-refractivity contribution < 1.29 is 0 Å². The molecule has 0 saturated heterocycles. The normalized spacial score (nSPS) is 12.9. The van der Waals surface area contributed by atoms with Gasteiger partial charge in [-0.05, 0) is 34.7 Å². The van der Waals surface area contributed by atoms with Crippen LogP contribution in [0.15, 0.2) is 94.1 Å².